The van der Waals surface area contributed by atoms with Crippen LogP contribution in [0.25, 0.3) is 0 Å². The SMILES string of the molecule is Cc1nn(C)c(Cl)c1COc1c(Br)cccc1[N+](=O)[O-]. The quantitative estimate of drug-likeness (QED) is 0.616. The first-order chi connectivity index (χ1) is 9.41. The predicted octanol–water partition coefficient (Wildman–Crippen LogP) is 3.63. The van der Waals surface area contributed by atoms with Crippen LogP contribution in [-0.2, 0) is 13.7 Å². The van der Waals surface area contributed by atoms with Crippen LogP contribution in [0.1, 0.15) is 11.3 Å². The maximum atomic E-state index is 11.0. The third-order valence-corrected chi connectivity index (χ3v) is 3.87. The van der Waals surface area contributed by atoms with Gasteiger partial charge in [-0.3, -0.25) is 14.8 Å². The minimum absolute atomic E-state index is 0.1000. The summed E-state index contributed by atoms with van der Waals surface area (Å²) < 4.78 is 7.61. The molecule has 1 aromatic carbocycles. The van der Waals surface area contributed by atoms with E-state index in [9.17, 15) is 10.1 Å². The molecule has 0 saturated heterocycles. The summed E-state index contributed by atoms with van der Waals surface area (Å²) in [6.07, 6.45) is 0. The van der Waals surface area contributed by atoms with Gasteiger partial charge in [0.1, 0.15) is 11.8 Å². The van der Waals surface area contributed by atoms with Crippen LogP contribution in [0.2, 0.25) is 5.15 Å². The lowest BCUT2D eigenvalue weighted by Gasteiger charge is -2.08. The minimum Gasteiger partial charge on any atom is -0.481 e. The second kappa shape index (κ2) is 5.80. The zero-order valence-corrected chi connectivity index (χ0v) is 13.1. The van der Waals surface area contributed by atoms with Crippen LogP contribution >= 0.6 is 27.5 Å². The van der Waals surface area contributed by atoms with Gasteiger partial charge in [-0.1, -0.05) is 17.7 Å². The molecule has 8 heteroatoms. The molecule has 0 amide bonds. The van der Waals surface area contributed by atoms with Crippen molar-refractivity contribution in [3.8, 4) is 5.75 Å². The van der Waals surface area contributed by atoms with Gasteiger partial charge in [-0.2, -0.15) is 5.10 Å². The molecule has 6 nitrogen and oxygen atoms in total. The van der Waals surface area contributed by atoms with Crippen LogP contribution in [0.15, 0.2) is 22.7 Å². The molecule has 0 aliphatic heterocycles. The summed E-state index contributed by atoms with van der Waals surface area (Å²) in [4.78, 5) is 10.5. The molecule has 1 heterocycles. The van der Waals surface area contributed by atoms with Crippen molar-refractivity contribution in [3.63, 3.8) is 0 Å². The van der Waals surface area contributed by atoms with Crippen molar-refractivity contribution >= 4 is 33.2 Å². The van der Waals surface area contributed by atoms with Crippen LogP contribution < -0.4 is 4.74 Å². The van der Waals surface area contributed by atoms with Gasteiger partial charge in [0.25, 0.3) is 0 Å². The molecule has 0 saturated carbocycles. The van der Waals surface area contributed by atoms with Crippen molar-refractivity contribution in [2.75, 3.05) is 0 Å². The van der Waals surface area contributed by atoms with Gasteiger partial charge in [-0.05, 0) is 28.9 Å². The number of nitro groups is 1. The second-order valence-corrected chi connectivity index (χ2v) is 5.32. The summed E-state index contributed by atoms with van der Waals surface area (Å²) in [5.41, 5.74) is 1.34. The molecular formula is C12H11BrClN3O3. The number of ether oxygens (including phenoxy) is 1. The van der Waals surface area contributed by atoms with E-state index < -0.39 is 4.92 Å². The normalized spacial score (nSPS) is 10.6. The van der Waals surface area contributed by atoms with Crippen LogP contribution in [0.5, 0.6) is 5.75 Å². The zero-order chi connectivity index (χ0) is 14.9. The predicted molar refractivity (Wildman–Crippen MR) is 78.1 cm³/mol. The Bertz CT molecular complexity index is 672. The van der Waals surface area contributed by atoms with Crippen LogP contribution in [0.4, 0.5) is 5.69 Å². The van der Waals surface area contributed by atoms with Crippen molar-refractivity contribution < 1.29 is 9.66 Å². The van der Waals surface area contributed by atoms with Gasteiger partial charge in [0.05, 0.1) is 15.1 Å². The summed E-state index contributed by atoms with van der Waals surface area (Å²) >= 11 is 9.35. The Morgan fingerprint density at radius 1 is 1.55 bits per heavy atom. The Hall–Kier alpha value is -1.60. The van der Waals surface area contributed by atoms with E-state index in [4.69, 9.17) is 16.3 Å². The molecule has 20 heavy (non-hydrogen) atoms. The number of aryl methyl sites for hydroxylation is 2. The smallest absolute Gasteiger partial charge is 0.312 e. The van der Waals surface area contributed by atoms with Crippen LogP contribution in [-0.4, -0.2) is 14.7 Å². The molecule has 0 unspecified atom stereocenters. The monoisotopic (exact) mass is 359 g/mol. The van der Waals surface area contributed by atoms with Gasteiger partial charge >= 0.3 is 5.69 Å². The zero-order valence-electron chi connectivity index (χ0n) is 10.8. The number of nitro benzene ring substituents is 1. The fraction of sp³-hybridized carbons (Fsp3) is 0.250. The largest absolute Gasteiger partial charge is 0.481 e. The first kappa shape index (κ1) is 14.8. The molecule has 0 N–H and O–H groups in total. The van der Waals surface area contributed by atoms with Crippen LogP contribution in [0, 0.1) is 17.0 Å². The lowest BCUT2D eigenvalue weighted by Crippen LogP contribution is -2.01. The van der Waals surface area contributed by atoms with Crippen molar-refractivity contribution in [2.24, 2.45) is 7.05 Å². The third kappa shape index (κ3) is 2.78. The fourth-order valence-electron chi connectivity index (χ4n) is 1.77. The van der Waals surface area contributed by atoms with E-state index in [1.54, 1.807) is 26.1 Å². The molecule has 0 bridgehead atoms. The molecule has 2 aromatic rings. The minimum atomic E-state index is -0.488. The number of aromatic nitrogens is 2. The van der Waals surface area contributed by atoms with E-state index >= 15 is 0 Å². The van der Waals surface area contributed by atoms with Crippen molar-refractivity contribution in [1.29, 1.82) is 0 Å². The van der Waals surface area contributed by atoms with E-state index in [1.165, 1.54) is 10.7 Å². The molecule has 0 atom stereocenters. The maximum absolute atomic E-state index is 11.0. The Morgan fingerprint density at radius 3 is 2.80 bits per heavy atom. The highest BCUT2D eigenvalue weighted by Gasteiger charge is 2.19. The summed E-state index contributed by atoms with van der Waals surface area (Å²) in [6, 6.07) is 4.65. The second-order valence-electron chi connectivity index (χ2n) is 4.11. The summed E-state index contributed by atoms with van der Waals surface area (Å²) in [5, 5.41) is 15.6. The van der Waals surface area contributed by atoms with Gasteiger partial charge in [-0.15, -0.1) is 0 Å². The number of halogens is 2. The highest BCUT2D eigenvalue weighted by molar-refractivity contribution is 9.10. The number of hydrogen-bond acceptors (Lipinski definition) is 4. The lowest BCUT2D eigenvalue weighted by atomic mass is 10.2. The molecule has 1 aromatic heterocycles. The average Bonchev–Trinajstić information content (AvgIpc) is 2.62. The van der Waals surface area contributed by atoms with Crippen molar-refractivity contribution in [2.45, 2.75) is 13.5 Å². The van der Waals surface area contributed by atoms with Gasteiger partial charge in [0, 0.05) is 18.7 Å². The molecule has 106 valence electrons. The highest BCUT2D eigenvalue weighted by atomic mass is 79.9. The lowest BCUT2D eigenvalue weighted by molar-refractivity contribution is -0.386. The Labute approximate surface area is 128 Å². The van der Waals surface area contributed by atoms with Crippen LogP contribution in [0.3, 0.4) is 0 Å². The molecule has 0 spiro atoms. The van der Waals surface area contributed by atoms with Crippen molar-refractivity contribution in [3.05, 3.63) is 49.2 Å². The molecule has 0 radical (unpaired) electrons. The Kier molecular flexibility index (Phi) is 4.29. The summed E-state index contributed by atoms with van der Waals surface area (Å²) in [5.74, 6) is 0.178. The van der Waals surface area contributed by atoms with E-state index in [-0.39, 0.29) is 18.0 Å². The average molecular weight is 361 g/mol. The molecular weight excluding hydrogens is 350 g/mol. The van der Waals surface area contributed by atoms with E-state index in [0.717, 1.165) is 5.69 Å². The Morgan fingerprint density at radius 2 is 2.25 bits per heavy atom. The van der Waals surface area contributed by atoms with E-state index in [1.807, 2.05) is 0 Å². The summed E-state index contributed by atoms with van der Waals surface area (Å²) in [6.45, 7) is 1.92. The molecule has 0 fully saturated rings. The number of rotatable bonds is 4. The van der Waals surface area contributed by atoms with Gasteiger partial charge in [0.2, 0.25) is 5.75 Å². The number of para-hydroxylation sites is 1. The summed E-state index contributed by atoms with van der Waals surface area (Å²) in [7, 11) is 1.72. The van der Waals surface area contributed by atoms with Gasteiger partial charge < -0.3 is 4.74 Å². The number of hydrogen-bond donors (Lipinski definition) is 0. The number of nitrogens with zero attached hydrogens (tertiary/aromatic N) is 3. The molecule has 0 aliphatic carbocycles. The Balaban J connectivity index is 2.30. The van der Waals surface area contributed by atoms with Crippen molar-refractivity contribution in [1.82, 2.24) is 9.78 Å². The fourth-order valence-corrected chi connectivity index (χ4v) is 2.47. The molecule has 2 rings (SSSR count). The maximum Gasteiger partial charge on any atom is 0.312 e. The highest BCUT2D eigenvalue weighted by Crippen LogP contribution is 2.35. The van der Waals surface area contributed by atoms with Gasteiger partial charge in [0.15, 0.2) is 0 Å². The van der Waals surface area contributed by atoms with E-state index in [0.29, 0.717) is 15.2 Å². The first-order valence-corrected chi connectivity index (χ1v) is 6.82. The molecule has 0 aliphatic rings. The first-order valence-electron chi connectivity index (χ1n) is 5.65. The van der Waals surface area contributed by atoms with Gasteiger partial charge in [-0.25, -0.2) is 0 Å². The standard InChI is InChI=1S/C12H11BrClN3O3/c1-7-8(12(14)16(2)15-7)6-20-11-9(13)4-3-5-10(11)17(18)19/h3-5H,6H2,1-2H3. The van der Waals surface area contributed by atoms with E-state index in [2.05, 4.69) is 21.0 Å². The topological polar surface area (TPSA) is 70.2 Å². The number of benzene rings is 1. The third-order valence-electron chi connectivity index (χ3n) is 2.77.